The van der Waals surface area contributed by atoms with E-state index in [0.29, 0.717) is 17.8 Å². The van der Waals surface area contributed by atoms with Crippen LogP contribution in [0, 0.1) is 23.7 Å². The van der Waals surface area contributed by atoms with Crippen LogP contribution in [0.2, 0.25) is 0 Å². The molecule has 0 bridgehead atoms. The fourth-order valence-electron chi connectivity index (χ4n) is 3.06. The summed E-state index contributed by atoms with van der Waals surface area (Å²) in [5.41, 5.74) is 0. The maximum Gasteiger partial charge on any atom is 0.328 e. The minimum Gasteiger partial charge on any atom is -0.467 e. The molecule has 0 saturated heterocycles. The van der Waals surface area contributed by atoms with E-state index in [2.05, 4.69) is 30.8 Å². The Bertz CT molecular complexity index is 327. The molecule has 0 radical (unpaired) electrons. The molecule has 4 atom stereocenters. The summed E-state index contributed by atoms with van der Waals surface area (Å²) in [6, 6.07) is -0.567. The maximum atomic E-state index is 12.4. The summed E-state index contributed by atoms with van der Waals surface area (Å²) < 4.78 is 4.64. The van der Waals surface area contributed by atoms with Crippen molar-refractivity contribution in [2.45, 2.75) is 53.0 Å². The first-order valence-electron chi connectivity index (χ1n) is 7.25. The highest BCUT2D eigenvalue weighted by atomic mass is 16.5. The highest BCUT2D eigenvalue weighted by Gasteiger charge is 2.36. The van der Waals surface area contributed by atoms with Crippen LogP contribution in [-0.4, -0.2) is 25.0 Å². The molecule has 110 valence electrons. The van der Waals surface area contributed by atoms with Gasteiger partial charge in [0, 0.05) is 5.92 Å². The monoisotopic (exact) mass is 269 g/mol. The van der Waals surface area contributed by atoms with Crippen LogP contribution in [0.15, 0.2) is 0 Å². The minimum absolute atomic E-state index is 0.00292. The summed E-state index contributed by atoms with van der Waals surface area (Å²) in [5, 5.41) is 2.79. The van der Waals surface area contributed by atoms with Crippen LogP contribution < -0.4 is 5.32 Å². The summed E-state index contributed by atoms with van der Waals surface area (Å²) in [6.45, 7) is 8.20. The number of nitrogens with one attached hydrogen (secondary N) is 1. The molecule has 0 aromatic heterocycles. The zero-order valence-electron chi connectivity index (χ0n) is 12.7. The summed E-state index contributed by atoms with van der Waals surface area (Å²) in [5.74, 6) is 1.13. The van der Waals surface area contributed by atoms with Crippen LogP contribution in [0.4, 0.5) is 0 Å². The fraction of sp³-hybridized carbons (Fsp3) is 0.867. The lowest BCUT2D eigenvalue weighted by molar-refractivity contribution is -0.145. The molecule has 1 N–H and O–H groups in total. The van der Waals surface area contributed by atoms with Crippen molar-refractivity contribution in [3.8, 4) is 0 Å². The molecule has 1 aliphatic rings. The first-order valence-corrected chi connectivity index (χ1v) is 7.25. The molecule has 0 heterocycles. The maximum absolute atomic E-state index is 12.4. The fourth-order valence-corrected chi connectivity index (χ4v) is 3.06. The Labute approximate surface area is 116 Å². The van der Waals surface area contributed by atoms with Crippen LogP contribution in [0.25, 0.3) is 0 Å². The average molecular weight is 269 g/mol. The number of esters is 1. The van der Waals surface area contributed by atoms with Crippen LogP contribution >= 0.6 is 0 Å². The Kier molecular flexibility index (Phi) is 5.83. The Morgan fingerprint density at radius 2 is 1.84 bits per heavy atom. The van der Waals surface area contributed by atoms with Gasteiger partial charge in [0.2, 0.25) is 5.91 Å². The van der Waals surface area contributed by atoms with E-state index in [4.69, 9.17) is 0 Å². The topological polar surface area (TPSA) is 55.4 Å². The van der Waals surface area contributed by atoms with Gasteiger partial charge in [0.1, 0.15) is 6.04 Å². The van der Waals surface area contributed by atoms with Crippen LogP contribution in [0.5, 0.6) is 0 Å². The molecule has 1 aliphatic carbocycles. The molecule has 0 aromatic rings. The second kappa shape index (κ2) is 6.92. The third kappa shape index (κ3) is 4.22. The summed E-state index contributed by atoms with van der Waals surface area (Å²) in [4.78, 5) is 23.7. The lowest BCUT2D eigenvalue weighted by Crippen LogP contribution is -2.46. The van der Waals surface area contributed by atoms with Gasteiger partial charge in [0.15, 0.2) is 0 Å². The second-order valence-electron chi connectivity index (χ2n) is 6.19. The lowest BCUT2D eigenvalue weighted by Gasteiger charge is -2.36. The summed E-state index contributed by atoms with van der Waals surface area (Å²) in [6.07, 6.45) is 3.21. The summed E-state index contributed by atoms with van der Waals surface area (Å²) >= 11 is 0. The predicted octanol–water partition coefficient (Wildman–Crippen LogP) is 2.37. The van der Waals surface area contributed by atoms with Crippen molar-refractivity contribution in [1.82, 2.24) is 5.32 Å². The molecule has 4 nitrogen and oxygen atoms in total. The number of hydrogen-bond acceptors (Lipinski definition) is 3. The average Bonchev–Trinajstić information content (AvgIpc) is 2.36. The van der Waals surface area contributed by atoms with Crippen LogP contribution in [-0.2, 0) is 14.3 Å². The van der Waals surface area contributed by atoms with E-state index < -0.39 is 12.0 Å². The van der Waals surface area contributed by atoms with Crippen molar-refractivity contribution in [3.63, 3.8) is 0 Å². The molecule has 0 unspecified atom stereocenters. The van der Waals surface area contributed by atoms with E-state index in [9.17, 15) is 9.59 Å². The predicted molar refractivity (Wildman–Crippen MR) is 74.5 cm³/mol. The van der Waals surface area contributed by atoms with E-state index in [1.807, 2.05) is 0 Å². The zero-order chi connectivity index (χ0) is 14.6. The van der Waals surface area contributed by atoms with Crippen molar-refractivity contribution in [2.75, 3.05) is 7.11 Å². The number of ether oxygens (including phenoxy) is 1. The Balaban J connectivity index is 2.68. The third-order valence-corrected chi connectivity index (χ3v) is 4.27. The Morgan fingerprint density at radius 3 is 2.37 bits per heavy atom. The first kappa shape index (κ1) is 16.0. The normalized spacial score (nSPS) is 28.8. The number of amides is 1. The van der Waals surface area contributed by atoms with E-state index in [1.54, 1.807) is 6.92 Å². The van der Waals surface area contributed by atoms with E-state index in [0.717, 1.165) is 12.8 Å². The van der Waals surface area contributed by atoms with Gasteiger partial charge >= 0.3 is 5.97 Å². The van der Waals surface area contributed by atoms with Gasteiger partial charge in [-0.25, -0.2) is 4.79 Å². The molecule has 19 heavy (non-hydrogen) atoms. The standard InChI is InChI=1S/C15H27NO3/c1-9(2)12-7-6-10(3)8-13(12)14(17)16-11(4)15(18)19-5/h9-13H,6-8H2,1-5H3,(H,16,17)/t10-,11+,12+,13-/m1/s1. The zero-order valence-corrected chi connectivity index (χ0v) is 12.7. The number of methoxy groups -OCH3 is 1. The van der Waals surface area contributed by atoms with Gasteiger partial charge in [-0.15, -0.1) is 0 Å². The molecule has 1 saturated carbocycles. The van der Waals surface area contributed by atoms with Crippen molar-refractivity contribution in [1.29, 1.82) is 0 Å². The molecule has 0 aliphatic heterocycles. The number of rotatable bonds is 4. The SMILES string of the molecule is COC(=O)[C@H](C)NC(=O)[C@@H]1C[C@H](C)CC[C@H]1C(C)C. The van der Waals surface area contributed by atoms with E-state index in [1.165, 1.54) is 13.5 Å². The second-order valence-corrected chi connectivity index (χ2v) is 6.19. The van der Waals surface area contributed by atoms with Crippen molar-refractivity contribution in [3.05, 3.63) is 0 Å². The van der Waals surface area contributed by atoms with Gasteiger partial charge in [-0.2, -0.15) is 0 Å². The number of carbonyl (C=O) groups is 2. The van der Waals surface area contributed by atoms with Gasteiger partial charge in [-0.1, -0.05) is 27.2 Å². The third-order valence-electron chi connectivity index (χ3n) is 4.27. The molecule has 1 fully saturated rings. The number of hydrogen-bond donors (Lipinski definition) is 1. The Hall–Kier alpha value is -1.06. The van der Waals surface area contributed by atoms with Gasteiger partial charge in [-0.05, 0) is 37.5 Å². The quantitative estimate of drug-likeness (QED) is 0.797. The minimum atomic E-state index is -0.567. The molecule has 4 heteroatoms. The van der Waals surface area contributed by atoms with Gasteiger partial charge in [-0.3, -0.25) is 4.79 Å². The molecular weight excluding hydrogens is 242 g/mol. The van der Waals surface area contributed by atoms with E-state index >= 15 is 0 Å². The molecule has 0 spiro atoms. The summed E-state index contributed by atoms with van der Waals surface area (Å²) in [7, 11) is 1.34. The highest BCUT2D eigenvalue weighted by Crippen LogP contribution is 2.38. The molecular formula is C15H27NO3. The van der Waals surface area contributed by atoms with Crippen LogP contribution in [0.1, 0.15) is 47.0 Å². The Morgan fingerprint density at radius 1 is 1.21 bits per heavy atom. The van der Waals surface area contributed by atoms with E-state index in [-0.39, 0.29) is 11.8 Å². The molecule has 1 amide bonds. The van der Waals surface area contributed by atoms with Crippen molar-refractivity contribution < 1.29 is 14.3 Å². The van der Waals surface area contributed by atoms with Crippen molar-refractivity contribution in [2.24, 2.45) is 23.7 Å². The largest absolute Gasteiger partial charge is 0.467 e. The molecule has 1 rings (SSSR count). The van der Waals surface area contributed by atoms with Gasteiger partial charge in [0.05, 0.1) is 7.11 Å². The van der Waals surface area contributed by atoms with Gasteiger partial charge in [0.25, 0.3) is 0 Å². The smallest absolute Gasteiger partial charge is 0.328 e. The van der Waals surface area contributed by atoms with Gasteiger partial charge < -0.3 is 10.1 Å². The van der Waals surface area contributed by atoms with Crippen molar-refractivity contribution >= 4 is 11.9 Å². The lowest BCUT2D eigenvalue weighted by atomic mass is 9.69. The highest BCUT2D eigenvalue weighted by molar-refractivity contribution is 5.85. The van der Waals surface area contributed by atoms with Crippen LogP contribution in [0.3, 0.4) is 0 Å². The first-order chi connectivity index (χ1) is 8.86. The molecule has 0 aromatic carbocycles. The number of carbonyl (C=O) groups excluding carboxylic acids is 2.